The fourth-order valence-corrected chi connectivity index (χ4v) is 4.09. The molecule has 4 aromatic rings. The number of aromatic nitrogens is 1. The van der Waals surface area contributed by atoms with Gasteiger partial charge in [-0.15, -0.1) is 0 Å². The molecule has 0 spiro atoms. The summed E-state index contributed by atoms with van der Waals surface area (Å²) in [6, 6.07) is 15.9. The van der Waals surface area contributed by atoms with Crippen molar-refractivity contribution in [2.24, 2.45) is 0 Å². The predicted molar refractivity (Wildman–Crippen MR) is 113 cm³/mol. The Bertz CT molecular complexity index is 1150. The lowest BCUT2D eigenvalue weighted by atomic mass is 10.1. The zero-order valence-corrected chi connectivity index (χ0v) is 16.3. The van der Waals surface area contributed by atoms with Crippen molar-refractivity contribution >= 4 is 50.7 Å². The molecule has 0 fully saturated rings. The van der Waals surface area contributed by atoms with Crippen LogP contribution < -0.4 is 5.32 Å². The number of para-hydroxylation sites is 1. The van der Waals surface area contributed by atoms with Gasteiger partial charge in [0.15, 0.2) is 6.61 Å². The highest BCUT2D eigenvalue weighted by Crippen LogP contribution is 2.30. The third-order valence-corrected chi connectivity index (χ3v) is 5.40. The molecule has 0 saturated heterocycles. The summed E-state index contributed by atoms with van der Waals surface area (Å²) in [5.41, 5.74) is 3.88. The van der Waals surface area contributed by atoms with Gasteiger partial charge >= 0.3 is 5.97 Å². The molecule has 142 valence electrons. The molecule has 0 aliphatic heterocycles. The maximum absolute atomic E-state index is 12.2. The van der Waals surface area contributed by atoms with Crippen molar-refractivity contribution in [2.45, 2.75) is 19.9 Å². The molecule has 6 heteroatoms. The van der Waals surface area contributed by atoms with Gasteiger partial charge in [0.05, 0.1) is 6.42 Å². The zero-order valence-electron chi connectivity index (χ0n) is 15.5. The molecule has 0 aliphatic rings. The van der Waals surface area contributed by atoms with E-state index in [1.807, 2.05) is 47.2 Å². The van der Waals surface area contributed by atoms with Gasteiger partial charge in [0.2, 0.25) is 0 Å². The summed E-state index contributed by atoms with van der Waals surface area (Å²) in [5.74, 6) is -0.757. The number of hydrogen-bond donors (Lipinski definition) is 1. The third-order valence-electron chi connectivity index (χ3n) is 4.67. The smallest absolute Gasteiger partial charge is 0.310 e. The number of aryl methyl sites for hydroxylation is 1. The minimum Gasteiger partial charge on any atom is -0.455 e. The quantitative estimate of drug-likeness (QED) is 0.488. The van der Waals surface area contributed by atoms with Crippen LogP contribution in [0.3, 0.4) is 0 Å². The van der Waals surface area contributed by atoms with E-state index in [0.29, 0.717) is 5.69 Å². The van der Waals surface area contributed by atoms with Crippen LogP contribution >= 0.6 is 11.3 Å². The third kappa shape index (κ3) is 3.64. The summed E-state index contributed by atoms with van der Waals surface area (Å²) in [6.07, 6.45) is 0.180. The van der Waals surface area contributed by atoms with Gasteiger partial charge in [-0.05, 0) is 53.6 Å². The van der Waals surface area contributed by atoms with Gasteiger partial charge in [-0.1, -0.05) is 18.2 Å². The number of esters is 1. The van der Waals surface area contributed by atoms with E-state index in [0.717, 1.165) is 28.4 Å². The maximum Gasteiger partial charge on any atom is 0.310 e. The van der Waals surface area contributed by atoms with Crippen molar-refractivity contribution in [1.29, 1.82) is 0 Å². The number of fused-ring (bicyclic) bond motifs is 3. The summed E-state index contributed by atoms with van der Waals surface area (Å²) in [6.45, 7) is 2.69. The van der Waals surface area contributed by atoms with Gasteiger partial charge < -0.3 is 14.6 Å². The second-order valence-corrected chi connectivity index (χ2v) is 7.29. The number of anilines is 1. The van der Waals surface area contributed by atoms with Gasteiger partial charge in [0.1, 0.15) is 0 Å². The molecular formula is C22H20N2O3S. The number of carbonyl (C=O) groups excluding carboxylic acids is 2. The number of ether oxygens (including phenoxy) is 1. The Balaban J connectivity index is 1.46. The number of amides is 1. The van der Waals surface area contributed by atoms with E-state index in [-0.39, 0.29) is 18.9 Å². The Morgan fingerprint density at radius 3 is 2.68 bits per heavy atom. The number of thiophene rings is 1. The highest BCUT2D eigenvalue weighted by molar-refractivity contribution is 7.08. The SMILES string of the molecule is CCn1c2ccccc2c2cc(NC(=O)COC(=O)Cc3ccsc3)ccc21. The molecule has 2 aromatic carbocycles. The van der Waals surface area contributed by atoms with Crippen LogP contribution in [0, 0.1) is 0 Å². The van der Waals surface area contributed by atoms with E-state index in [9.17, 15) is 9.59 Å². The lowest BCUT2D eigenvalue weighted by Gasteiger charge is -2.07. The fraction of sp³-hybridized carbons (Fsp3) is 0.182. The molecule has 0 radical (unpaired) electrons. The van der Waals surface area contributed by atoms with Crippen molar-refractivity contribution < 1.29 is 14.3 Å². The van der Waals surface area contributed by atoms with E-state index >= 15 is 0 Å². The van der Waals surface area contributed by atoms with Gasteiger partial charge in [-0.3, -0.25) is 9.59 Å². The first-order valence-electron chi connectivity index (χ1n) is 9.13. The van der Waals surface area contributed by atoms with Gasteiger partial charge in [-0.25, -0.2) is 0 Å². The van der Waals surface area contributed by atoms with E-state index in [2.05, 4.69) is 28.9 Å². The maximum atomic E-state index is 12.2. The molecule has 1 N–H and O–H groups in total. The van der Waals surface area contributed by atoms with Crippen LogP contribution in [0.2, 0.25) is 0 Å². The number of nitrogens with zero attached hydrogens (tertiary/aromatic N) is 1. The van der Waals surface area contributed by atoms with Crippen LogP contribution in [-0.4, -0.2) is 23.1 Å². The predicted octanol–water partition coefficient (Wildman–Crippen LogP) is 4.60. The first-order valence-corrected chi connectivity index (χ1v) is 10.1. The van der Waals surface area contributed by atoms with Gasteiger partial charge in [0, 0.05) is 34.0 Å². The van der Waals surface area contributed by atoms with Crippen LogP contribution in [0.15, 0.2) is 59.3 Å². The molecule has 5 nitrogen and oxygen atoms in total. The Morgan fingerprint density at radius 2 is 1.89 bits per heavy atom. The average Bonchev–Trinajstić information content (AvgIpc) is 3.32. The van der Waals surface area contributed by atoms with E-state index < -0.39 is 5.97 Å². The minimum atomic E-state index is -0.407. The summed E-state index contributed by atoms with van der Waals surface area (Å²) in [5, 5.41) is 8.85. The van der Waals surface area contributed by atoms with Crippen LogP contribution in [0.4, 0.5) is 5.69 Å². The van der Waals surface area contributed by atoms with Crippen molar-refractivity contribution in [1.82, 2.24) is 4.57 Å². The number of nitrogens with one attached hydrogen (secondary N) is 1. The van der Waals surface area contributed by atoms with Crippen LogP contribution in [0.5, 0.6) is 0 Å². The number of hydrogen-bond acceptors (Lipinski definition) is 4. The van der Waals surface area contributed by atoms with Crippen molar-refractivity contribution in [2.75, 3.05) is 11.9 Å². The highest BCUT2D eigenvalue weighted by atomic mass is 32.1. The molecule has 0 bridgehead atoms. The van der Waals surface area contributed by atoms with Crippen LogP contribution in [-0.2, 0) is 27.3 Å². The molecule has 2 heterocycles. The fourth-order valence-electron chi connectivity index (χ4n) is 3.43. The zero-order chi connectivity index (χ0) is 19.5. The highest BCUT2D eigenvalue weighted by Gasteiger charge is 2.12. The first kappa shape index (κ1) is 18.3. The number of carbonyl (C=O) groups is 2. The van der Waals surface area contributed by atoms with Crippen molar-refractivity contribution in [3.05, 3.63) is 64.9 Å². The molecule has 0 saturated carbocycles. The molecule has 4 rings (SSSR count). The van der Waals surface area contributed by atoms with Crippen LogP contribution in [0.1, 0.15) is 12.5 Å². The molecule has 0 unspecified atom stereocenters. The normalized spacial score (nSPS) is 11.0. The number of benzene rings is 2. The summed E-state index contributed by atoms with van der Waals surface area (Å²) < 4.78 is 7.33. The van der Waals surface area contributed by atoms with Crippen molar-refractivity contribution in [3.8, 4) is 0 Å². The monoisotopic (exact) mass is 392 g/mol. The summed E-state index contributed by atoms with van der Waals surface area (Å²) in [4.78, 5) is 24.0. The van der Waals surface area contributed by atoms with E-state index in [1.54, 1.807) is 0 Å². The summed E-state index contributed by atoms with van der Waals surface area (Å²) >= 11 is 1.52. The van der Waals surface area contributed by atoms with Crippen LogP contribution in [0.25, 0.3) is 21.8 Å². The Morgan fingerprint density at radius 1 is 1.07 bits per heavy atom. The number of rotatable bonds is 6. The molecule has 28 heavy (non-hydrogen) atoms. The second-order valence-electron chi connectivity index (χ2n) is 6.51. The second kappa shape index (κ2) is 7.86. The first-order chi connectivity index (χ1) is 13.7. The molecule has 2 aromatic heterocycles. The van der Waals surface area contributed by atoms with Crippen molar-refractivity contribution in [3.63, 3.8) is 0 Å². The van der Waals surface area contributed by atoms with E-state index in [4.69, 9.17) is 4.74 Å². The average molecular weight is 392 g/mol. The molecular weight excluding hydrogens is 372 g/mol. The largest absolute Gasteiger partial charge is 0.455 e. The molecule has 0 atom stereocenters. The topological polar surface area (TPSA) is 60.3 Å². The molecule has 1 amide bonds. The Labute approximate surface area is 166 Å². The Hall–Kier alpha value is -3.12. The Kier molecular flexibility index (Phi) is 5.12. The van der Waals surface area contributed by atoms with Gasteiger partial charge in [-0.2, -0.15) is 11.3 Å². The van der Waals surface area contributed by atoms with Gasteiger partial charge in [0.25, 0.3) is 5.91 Å². The minimum absolute atomic E-state index is 0.180. The molecule has 0 aliphatic carbocycles. The van der Waals surface area contributed by atoms with E-state index in [1.165, 1.54) is 16.9 Å². The summed E-state index contributed by atoms with van der Waals surface area (Å²) in [7, 11) is 0. The lowest BCUT2D eigenvalue weighted by molar-refractivity contribution is -0.146. The standard InChI is InChI=1S/C22H20N2O3S/c1-2-24-19-6-4-3-5-17(19)18-12-16(7-8-20(18)24)23-21(25)13-27-22(26)11-15-9-10-28-14-15/h3-10,12,14H,2,11,13H2,1H3,(H,23,25). The lowest BCUT2D eigenvalue weighted by Crippen LogP contribution is -2.21.